The van der Waals surface area contributed by atoms with Gasteiger partial charge in [0.1, 0.15) is 5.75 Å². The maximum Gasteiger partial charge on any atom is 0.335 e. The van der Waals surface area contributed by atoms with Crippen LogP contribution < -0.4 is 4.74 Å². The lowest BCUT2D eigenvalue weighted by molar-refractivity contribution is 0.0697. The summed E-state index contributed by atoms with van der Waals surface area (Å²) in [6, 6.07) is 12.8. The predicted molar refractivity (Wildman–Crippen MR) is 83.5 cm³/mol. The van der Waals surface area contributed by atoms with Crippen molar-refractivity contribution >= 4 is 16.9 Å². The highest BCUT2D eigenvalue weighted by atomic mass is 16.5. The standard InChI is InChI=1S/C17H16N2O3/c1-11-15-8-5-13(17(20)21)9-16(15)19(18-11)10-12-3-6-14(22-2)7-4-12/h3-9H,10H2,1-2H3,(H,20,21). The molecule has 0 radical (unpaired) electrons. The topological polar surface area (TPSA) is 64.4 Å². The molecule has 1 aromatic heterocycles. The van der Waals surface area contributed by atoms with Crippen molar-refractivity contribution in [1.29, 1.82) is 0 Å². The van der Waals surface area contributed by atoms with Gasteiger partial charge in [0.2, 0.25) is 0 Å². The third-order valence-corrected chi connectivity index (χ3v) is 3.67. The van der Waals surface area contributed by atoms with Gasteiger partial charge in [-0.2, -0.15) is 5.10 Å². The number of aromatic nitrogens is 2. The first-order valence-corrected chi connectivity index (χ1v) is 6.92. The first-order valence-electron chi connectivity index (χ1n) is 6.92. The van der Waals surface area contributed by atoms with Gasteiger partial charge in [-0.05, 0) is 36.8 Å². The lowest BCUT2D eigenvalue weighted by atomic mass is 10.1. The van der Waals surface area contributed by atoms with E-state index in [0.29, 0.717) is 6.54 Å². The Morgan fingerprint density at radius 1 is 1.23 bits per heavy atom. The molecule has 1 N–H and O–H groups in total. The number of methoxy groups -OCH3 is 1. The lowest BCUT2D eigenvalue weighted by Crippen LogP contribution is -2.03. The highest BCUT2D eigenvalue weighted by Crippen LogP contribution is 2.21. The van der Waals surface area contributed by atoms with Crippen molar-refractivity contribution in [3.63, 3.8) is 0 Å². The molecule has 0 unspecified atom stereocenters. The molecule has 0 fully saturated rings. The Bertz CT molecular complexity index is 835. The zero-order valence-electron chi connectivity index (χ0n) is 12.4. The molecule has 3 aromatic rings. The molecule has 5 nitrogen and oxygen atoms in total. The van der Waals surface area contributed by atoms with Crippen molar-refractivity contribution < 1.29 is 14.6 Å². The molecule has 3 rings (SSSR count). The number of nitrogens with zero attached hydrogens (tertiary/aromatic N) is 2. The Morgan fingerprint density at radius 3 is 2.59 bits per heavy atom. The minimum Gasteiger partial charge on any atom is -0.497 e. The van der Waals surface area contributed by atoms with Gasteiger partial charge < -0.3 is 9.84 Å². The number of rotatable bonds is 4. The number of carboxylic acids is 1. The molecular formula is C17H16N2O3. The summed E-state index contributed by atoms with van der Waals surface area (Å²) in [5.41, 5.74) is 3.06. The van der Waals surface area contributed by atoms with E-state index in [1.54, 1.807) is 19.2 Å². The molecule has 0 atom stereocenters. The summed E-state index contributed by atoms with van der Waals surface area (Å²) in [5, 5.41) is 14.6. The van der Waals surface area contributed by atoms with Gasteiger partial charge >= 0.3 is 5.97 Å². The number of carboxylic acid groups (broad SMARTS) is 1. The first-order chi connectivity index (χ1) is 10.6. The molecule has 0 aliphatic carbocycles. The van der Waals surface area contributed by atoms with Crippen LogP contribution in [0.15, 0.2) is 42.5 Å². The first kappa shape index (κ1) is 14.1. The van der Waals surface area contributed by atoms with Crippen molar-refractivity contribution in [1.82, 2.24) is 9.78 Å². The maximum atomic E-state index is 11.1. The summed E-state index contributed by atoms with van der Waals surface area (Å²) in [6.07, 6.45) is 0. The lowest BCUT2D eigenvalue weighted by Gasteiger charge is -2.06. The summed E-state index contributed by atoms with van der Waals surface area (Å²) in [4.78, 5) is 11.1. The number of aromatic carboxylic acids is 1. The molecule has 0 bridgehead atoms. The molecule has 0 saturated heterocycles. The highest BCUT2D eigenvalue weighted by Gasteiger charge is 2.11. The average Bonchev–Trinajstić information content (AvgIpc) is 2.84. The molecule has 112 valence electrons. The van der Waals surface area contributed by atoms with Crippen LogP contribution in [-0.2, 0) is 6.54 Å². The minimum absolute atomic E-state index is 0.267. The van der Waals surface area contributed by atoms with E-state index < -0.39 is 5.97 Å². The summed E-state index contributed by atoms with van der Waals surface area (Å²) < 4.78 is 6.98. The highest BCUT2D eigenvalue weighted by molar-refractivity contribution is 5.94. The summed E-state index contributed by atoms with van der Waals surface area (Å²) in [6.45, 7) is 2.50. The number of hydrogen-bond acceptors (Lipinski definition) is 3. The fraction of sp³-hybridized carbons (Fsp3) is 0.176. The van der Waals surface area contributed by atoms with Crippen LogP contribution in [0.1, 0.15) is 21.6 Å². The van der Waals surface area contributed by atoms with E-state index >= 15 is 0 Å². The van der Waals surface area contributed by atoms with Crippen molar-refractivity contribution in [3.05, 3.63) is 59.3 Å². The van der Waals surface area contributed by atoms with Crippen LogP contribution in [0.25, 0.3) is 10.9 Å². The summed E-state index contributed by atoms with van der Waals surface area (Å²) >= 11 is 0. The molecule has 2 aromatic carbocycles. The molecule has 1 heterocycles. The second-order valence-corrected chi connectivity index (χ2v) is 5.13. The van der Waals surface area contributed by atoms with Crippen molar-refractivity contribution in [2.45, 2.75) is 13.5 Å². The van der Waals surface area contributed by atoms with Gasteiger partial charge in [-0.15, -0.1) is 0 Å². The number of hydrogen-bond donors (Lipinski definition) is 1. The van der Waals surface area contributed by atoms with Crippen molar-refractivity contribution in [3.8, 4) is 5.75 Å². The van der Waals surface area contributed by atoms with E-state index in [9.17, 15) is 4.79 Å². The van der Waals surface area contributed by atoms with Gasteiger partial charge in [0, 0.05) is 5.39 Å². The van der Waals surface area contributed by atoms with Crippen LogP contribution in [0.5, 0.6) is 5.75 Å². The Balaban J connectivity index is 2.01. The minimum atomic E-state index is -0.934. The molecule has 0 spiro atoms. The van der Waals surface area contributed by atoms with Crippen LogP contribution in [-0.4, -0.2) is 28.0 Å². The van der Waals surface area contributed by atoms with Crippen LogP contribution in [0.2, 0.25) is 0 Å². The monoisotopic (exact) mass is 296 g/mol. The predicted octanol–water partition coefficient (Wildman–Crippen LogP) is 3.10. The van der Waals surface area contributed by atoms with Crippen LogP contribution in [0.4, 0.5) is 0 Å². The van der Waals surface area contributed by atoms with Crippen molar-refractivity contribution in [2.24, 2.45) is 0 Å². The normalized spacial score (nSPS) is 10.8. The van der Waals surface area contributed by atoms with E-state index in [-0.39, 0.29) is 5.56 Å². The number of ether oxygens (including phenoxy) is 1. The summed E-state index contributed by atoms with van der Waals surface area (Å²) in [7, 11) is 1.63. The molecule has 0 aliphatic rings. The number of fused-ring (bicyclic) bond motifs is 1. The smallest absolute Gasteiger partial charge is 0.335 e. The van der Waals surface area contributed by atoms with Gasteiger partial charge in [0.05, 0.1) is 30.4 Å². The second-order valence-electron chi connectivity index (χ2n) is 5.13. The fourth-order valence-electron chi connectivity index (χ4n) is 2.50. The molecule has 0 saturated carbocycles. The van der Waals surface area contributed by atoms with E-state index in [1.807, 2.05) is 41.9 Å². The fourth-order valence-corrected chi connectivity index (χ4v) is 2.50. The van der Waals surface area contributed by atoms with E-state index in [1.165, 1.54) is 0 Å². The third-order valence-electron chi connectivity index (χ3n) is 3.67. The second kappa shape index (κ2) is 5.52. The SMILES string of the molecule is COc1ccc(Cn2nc(C)c3ccc(C(=O)O)cc32)cc1. The van der Waals surface area contributed by atoms with Gasteiger partial charge in [0.15, 0.2) is 0 Å². The Hall–Kier alpha value is -2.82. The average molecular weight is 296 g/mol. The largest absolute Gasteiger partial charge is 0.497 e. The van der Waals surface area contributed by atoms with Gasteiger partial charge in [-0.3, -0.25) is 4.68 Å². The van der Waals surface area contributed by atoms with Gasteiger partial charge in [-0.25, -0.2) is 4.79 Å². The molecule has 5 heteroatoms. The zero-order valence-corrected chi connectivity index (χ0v) is 12.4. The quantitative estimate of drug-likeness (QED) is 0.803. The Labute approximate surface area is 127 Å². The number of aryl methyl sites for hydroxylation is 1. The van der Waals surface area contributed by atoms with Gasteiger partial charge in [0.25, 0.3) is 0 Å². The van der Waals surface area contributed by atoms with Crippen LogP contribution in [0, 0.1) is 6.92 Å². The van der Waals surface area contributed by atoms with E-state index in [0.717, 1.165) is 27.9 Å². The number of carbonyl (C=O) groups is 1. The zero-order chi connectivity index (χ0) is 15.7. The summed E-state index contributed by atoms with van der Waals surface area (Å²) in [5.74, 6) is -0.129. The van der Waals surface area contributed by atoms with E-state index in [4.69, 9.17) is 9.84 Å². The van der Waals surface area contributed by atoms with Crippen molar-refractivity contribution in [2.75, 3.05) is 7.11 Å². The molecule has 0 aliphatic heterocycles. The van der Waals surface area contributed by atoms with Gasteiger partial charge in [-0.1, -0.05) is 18.2 Å². The Morgan fingerprint density at radius 2 is 1.95 bits per heavy atom. The van der Waals surface area contributed by atoms with Crippen LogP contribution >= 0.6 is 0 Å². The number of benzene rings is 2. The van der Waals surface area contributed by atoms with Crippen LogP contribution in [0.3, 0.4) is 0 Å². The maximum absolute atomic E-state index is 11.1. The molecule has 22 heavy (non-hydrogen) atoms. The third kappa shape index (κ3) is 2.53. The van der Waals surface area contributed by atoms with E-state index in [2.05, 4.69) is 5.10 Å². The Kier molecular flexibility index (Phi) is 3.55. The molecular weight excluding hydrogens is 280 g/mol. The molecule has 0 amide bonds.